The van der Waals surface area contributed by atoms with Crippen LogP contribution in [0.25, 0.3) is 0 Å². The van der Waals surface area contributed by atoms with Gasteiger partial charge in [-0.3, -0.25) is 0 Å². The van der Waals surface area contributed by atoms with Gasteiger partial charge in [0.15, 0.2) is 0 Å². The molecule has 1 fully saturated rings. The minimum atomic E-state index is -0.986. The van der Waals surface area contributed by atoms with Crippen molar-refractivity contribution in [3.63, 3.8) is 0 Å². The van der Waals surface area contributed by atoms with Crippen molar-refractivity contribution in [1.82, 2.24) is 0 Å². The third-order valence-corrected chi connectivity index (χ3v) is 51.8. The highest BCUT2D eigenvalue weighted by Crippen LogP contribution is 2.44. The number of hydrogen-bond acceptors (Lipinski definition) is 0. The van der Waals surface area contributed by atoms with Crippen LogP contribution in [0.3, 0.4) is 0 Å². The fraction of sp³-hybridized carbons (Fsp3) is 1.00. The van der Waals surface area contributed by atoms with Gasteiger partial charge in [-0.05, 0) is 5.54 Å². The van der Waals surface area contributed by atoms with Gasteiger partial charge in [0.2, 0.25) is 0 Å². The summed E-state index contributed by atoms with van der Waals surface area (Å²) in [6.07, 6.45) is 7.71. The summed E-state index contributed by atoms with van der Waals surface area (Å²) in [5.41, 5.74) is 1.16. The van der Waals surface area contributed by atoms with Crippen LogP contribution in [0.2, 0.25) is 50.9 Å². The van der Waals surface area contributed by atoms with Crippen LogP contribution in [0.4, 0.5) is 0 Å². The Labute approximate surface area is 112 Å². The van der Waals surface area contributed by atoms with Gasteiger partial charge in [-0.25, -0.2) is 0 Å². The predicted molar refractivity (Wildman–Crippen MR) is 89.8 cm³/mol. The van der Waals surface area contributed by atoms with Crippen molar-refractivity contribution in [3.8, 4) is 0 Å². The van der Waals surface area contributed by atoms with Gasteiger partial charge < -0.3 is 0 Å². The Morgan fingerprint density at radius 3 is 1.71 bits per heavy atom. The first-order valence-electron chi connectivity index (χ1n) is 7.67. The van der Waals surface area contributed by atoms with Crippen LogP contribution >= 0.6 is 0 Å². The summed E-state index contributed by atoms with van der Waals surface area (Å²) in [5, 5.41) is 0. The molecule has 0 N–H and O–H groups in total. The van der Waals surface area contributed by atoms with Crippen molar-refractivity contribution in [2.75, 3.05) is 0 Å². The molecule has 0 aromatic rings. The zero-order valence-electron chi connectivity index (χ0n) is 13.3. The number of hydrogen-bond donors (Lipinski definition) is 0. The van der Waals surface area contributed by atoms with Gasteiger partial charge >= 0.3 is 0 Å². The first-order chi connectivity index (χ1) is 7.67. The minimum Gasteiger partial charge on any atom is -0.0731 e. The van der Waals surface area contributed by atoms with E-state index in [1.54, 1.807) is 12.8 Å². The zero-order valence-corrected chi connectivity index (χ0v) is 16.3. The van der Waals surface area contributed by atoms with Gasteiger partial charge in [-0.15, -0.1) is 0 Å². The molecule has 0 nitrogen and oxygen atoms in total. The van der Waals surface area contributed by atoms with E-state index in [4.69, 9.17) is 0 Å². The van der Waals surface area contributed by atoms with Gasteiger partial charge in [-0.2, -0.15) is 0 Å². The molecule has 0 bridgehead atoms. The van der Waals surface area contributed by atoms with Crippen LogP contribution in [0.1, 0.15) is 39.0 Å². The van der Waals surface area contributed by atoms with Crippen molar-refractivity contribution in [2.24, 2.45) is 0 Å². The fourth-order valence-electron chi connectivity index (χ4n) is 3.65. The summed E-state index contributed by atoms with van der Waals surface area (Å²) in [6.45, 7) is 18.9. The Bertz CT molecular complexity index is 250. The molecule has 0 unspecified atom stereocenters. The molecule has 0 radical (unpaired) electrons. The highest BCUT2D eigenvalue weighted by Gasteiger charge is 2.53. The lowest BCUT2D eigenvalue weighted by atomic mass is 10.0. The molecule has 102 valence electrons. The lowest BCUT2D eigenvalue weighted by Gasteiger charge is -2.53. The topological polar surface area (TPSA) is 0 Å². The minimum absolute atomic E-state index is 0.924. The molecule has 1 aliphatic carbocycles. The van der Waals surface area contributed by atoms with Crippen molar-refractivity contribution in [2.45, 2.75) is 89.9 Å². The molecule has 17 heavy (non-hydrogen) atoms. The van der Waals surface area contributed by atoms with Crippen molar-refractivity contribution < 1.29 is 0 Å². The van der Waals surface area contributed by atoms with Crippen LogP contribution < -0.4 is 0 Å². The standard InChI is InChI=1S/C14H34Si3/c1-8-15(2,3)17(6,7)16(4,5)14-12-10-9-11-13-14/h14H,8-13H2,1-7H3. The second kappa shape index (κ2) is 5.33. The van der Waals surface area contributed by atoms with E-state index in [0.29, 0.717) is 0 Å². The molecule has 0 spiro atoms. The lowest BCUT2D eigenvalue weighted by molar-refractivity contribution is 0.495. The molecule has 0 atom stereocenters. The van der Waals surface area contributed by atoms with E-state index in [2.05, 4.69) is 46.2 Å². The molecule has 0 heterocycles. The Hall–Kier alpha value is 0.651. The van der Waals surface area contributed by atoms with E-state index in [0.717, 1.165) is 5.54 Å². The first-order valence-corrected chi connectivity index (χ1v) is 19.0. The van der Waals surface area contributed by atoms with E-state index >= 15 is 0 Å². The highest BCUT2D eigenvalue weighted by molar-refractivity contribution is 7.68. The van der Waals surface area contributed by atoms with Gasteiger partial charge in [-0.1, -0.05) is 84.4 Å². The molecule has 0 saturated heterocycles. The quantitative estimate of drug-likeness (QED) is 0.588. The maximum atomic E-state index is 2.77. The van der Waals surface area contributed by atoms with Crippen LogP contribution in [0.5, 0.6) is 0 Å². The molecule has 0 amide bonds. The summed E-state index contributed by atoms with van der Waals surface area (Å²) < 4.78 is 0. The summed E-state index contributed by atoms with van der Waals surface area (Å²) in [4.78, 5) is 0. The number of rotatable bonds is 4. The normalized spacial score (nSPS) is 20.6. The zero-order chi connectivity index (χ0) is 13.3. The molecule has 3 heteroatoms. The van der Waals surface area contributed by atoms with Gasteiger partial charge in [0, 0.05) is 22.3 Å². The summed E-state index contributed by atoms with van der Waals surface area (Å²) in [5.74, 6) is 0. The highest BCUT2D eigenvalue weighted by atomic mass is 29.6. The van der Waals surface area contributed by atoms with Gasteiger partial charge in [0.05, 0.1) is 0 Å². The molecule has 0 aromatic carbocycles. The van der Waals surface area contributed by atoms with Crippen molar-refractivity contribution in [3.05, 3.63) is 0 Å². The summed E-state index contributed by atoms with van der Waals surface area (Å²) in [7, 11) is -2.88. The summed E-state index contributed by atoms with van der Waals surface area (Å²) >= 11 is 0. The third kappa shape index (κ3) is 2.81. The Balaban J connectivity index is 2.94. The first kappa shape index (κ1) is 15.7. The van der Waals surface area contributed by atoms with Crippen LogP contribution in [-0.4, -0.2) is 22.3 Å². The van der Waals surface area contributed by atoms with E-state index in [9.17, 15) is 0 Å². The van der Waals surface area contributed by atoms with Gasteiger partial charge in [0.1, 0.15) is 0 Å². The third-order valence-electron chi connectivity index (χ3n) is 6.81. The average molecular weight is 287 g/mol. The van der Waals surface area contributed by atoms with E-state index in [1.807, 2.05) is 0 Å². The van der Waals surface area contributed by atoms with Crippen molar-refractivity contribution >= 4 is 22.3 Å². The fourth-order valence-corrected chi connectivity index (χ4v) is 40.1. The maximum Gasteiger partial charge on any atom is 0.0417 e. The molecule has 0 aliphatic heterocycles. The Morgan fingerprint density at radius 1 is 0.824 bits per heavy atom. The van der Waals surface area contributed by atoms with Gasteiger partial charge in [0.25, 0.3) is 0 Å². The smallest absolute Gasteiger partial charge is 0.0417 e. The molecule has 1 rings (SSSR count). The second-order valence-electron chi connectivity index (χ2n) is 7.92. The SMILES string of the molecule is CC[Si](C)(C)[Si](C)(C)[Si](C)(C)C1CCCCC1. The molecular formula is C14H34Si3. The monoisotopic (exact) mass is 286 g/mol. The van der Waals surface area contributed by atoms with E-state index in [-0.39, 0.29) is 0 Å². The summed E-state index contributed by atoms with van der Waals surface area (Å²) in [6, 6.07) is 1.51. The molecule has 0 aromatic heterocycles. The Morgan fingerprint density at radius 2 is 1.29 bits per heavy atom. The molecule has 1 aliphatic rings. The van der Waals surface area contributed by atoms with Crippen LogP contribution in [-0.2, 0) is 0 Å². The van der Waals surface area contributed by atoms with Crippen LogP contribution in [0.15, 0.2) is 0 Å². The predicted octanol–water partition coefficient (Wildman–Crippen LogP) is 5.62. The van der Waals surface area contributed by atoms with E-state index in [1.165, 1.54) is 25.3 Å². The maximum absolute atomic E-state index is 2.77. The lowest BCUT2D eigenvalue weighted by Crippen LogP contribution is -2.71. The van der Waals surface area contributed by atoms with Crippen LogP contribution in [0, 0.1) is 0 Å². The Kier molecular flexibility index (Phi) is 4.93. The second-order valence-corrected chi connectivity index (χ2v) is 36.8. The molecular weight excluding hydrogens is 252 g/mol. The average Bonchev–Trinajstić information content (AvgIpc) is 2.29. The largest absolute Gasteiger partial charge is 0.0731 e. The molecule has 1 saturated carbocycles. The van der Waals surface area contributed by atoms with E-state index < -0.39 is 22.3 Å². The van der Waals surface area contributed by atoms with Crippen molar-refractivity contribution in [1.29, 1.82) is 0 Å².